The van der Waals surface area contributed by atoms with E-state index in [1.807, 2.05) is 11.8 Å². The van der Waals surface area contributed by atoms with Crippen molar-refractivity contribution in [3.8, 4) is 0 Å². The van der Waals surface area contributed by atoms with E-state index >= 15 is 0 Å². The van der Waals surface area contributed by atoms with Crippen LogP contribution in [0.5, 0.6) is 0 Å². The van der Waals surface area contributed by atoms with Crippen LogP contribution in [0.2, 0.25) is 0 Å². The van der Waals surface area contributed by atoms with Gasteiger partial charge in [-0.05, 0) is 49.0 Å². The van der Waals surface area contributed by atoms with Gasteiger partial charge in [0.2, 0.25) is 0 Å². The Kier molecular flexibility index (Phi) is 3.95. The predicted octanol–water partition coefficient (Wildman–Crippen LogP) is 4.39. The highest BCUT2D eigenvalue weighted by Gasteiger charge is 2.27. The molecule has 2 heteroatoms. The zero-order chi connectivity index (χ0) is 12.4. The first-order valence-corrected chi connectivity index (χ1v) is 8.33. The highest BCUT2D eigenvalue weighted by Crippen LogP contribution is 2.37. The molecule has 3 atom stereocenters. The van der Waals surface area contributed by atoms with Crippen LogP contribution in [0.1, 0.15) is 50.6 Å². The first-order valence-electron chi connectivity index (χ1n) is 7.34. The van der Waals surface area contributed by atoms with Crippen molar-refractivity contribution in [3.63, 3.8) is 0 Å². The van der Waals surface area contributed by atoms with Gasteiger partial charge in [0, 0.05) is 17.0 Å². The fraction of sp³-hybridized carbons (Fsp3) is 0.625. The average molecular weight is 261 g/mol. The quantitative estimate of drug-likeness (QED) is 0.866. The van der Waals surface area contributed by atoms with Gasteiger partial charge in [-0.3, -0.25) is 0 Å². The normalized spacial score (nSPS) is 31.3. The van der Waals surface area contributed by atoms with Crippen LogP contribution in [0.15, 0.2) is 29.2 Å². The summed E-state index contributed by atoms with van der Waals surface area (Å²) in [4.78, 5) is 1.49. The second kappa shape index (κ2) is 5.66. The highest BCUT2D eigenvalue weighted by atomic mass is 32.2. The van der Waals surface area contributed by atoms with Crippen LogP contribution < -0.4 is 5.32 Å². The van der Waals surface area contributed by atoms with E-state index in [1.54, 1.807) is 0 Å². The molecular formula is C16H23NS. The molecule has 2 aliphatic rings. The summed E-state index contributed by atoms with van der Waals surface area (Å²) in [5, 5.41) is 3.92. The number of rotatable bonds is 3. The molecule has 0 spiro atoms. The first kappa shape index (κ1) is 12.6. The Morgan fingerprint density at radius 3 is 2.94 bits per heavy atom. The summed E-state index contributed by atoms with van der Waals surface area (Å²) < 4.78 is 0. The SMILES string of the molecule is CCC1CCC(NC2CCSc3ccccc32)C1. The van der Waals surface area contributed by atoms with Gasteiger partial charge in [0.1, 0.15) is 0 Å². The van der Waals surface area contributed by atoms with Crippen LogP contribution in [0.25, 0.3) is 0 Å². The molecule has 1 nitrogen and oxygen atoms in total. The van der Waals surface area contributed by atoms with Crippen molar-refractivity contribution in [1.29, 1.82) is 0 Å². The van der Waals surface area contributed by atoms with Crippen LogP contribution in [0.4, 0.5) is 0 Å². The molecular weight excluding hydrogens is 238 g/mol. The third kappa shape index (κ3) is 2.60. The molecule has 98 valence electrons. The van der Waals surface area contributed by atoms with Crippen LogP contribution in [0, 0.1) is 5.92 Å². The highest BCUT2D eigenvalue weighted by molar-refractivity contribution is 7.99. The summed E-state index contributed by atoms with van der Waals surface area (Å²) in [5.41, 5.74) is 1.54. The molecule has 1 fully saturated rings. The molecule has 1 aliphatic heterocycles. The summed E-state index contributed by atoms with van der Waals surface area (Å²) in [6.07, 6.45) is 6.84. The van der Waals surface area contributed by atoms with Crippen molar-refractivity contribution in [3.05, 3.63) is 29.8 Å². The molecule has 1 saturated carbocycles. The van der Waals surface area contributed by atoms with E-state index in [0.717, 1.165) is 12.0 Å². The Morgan fingerprint density at radius 2 is 2.11 bits per heavy atom. The maximum atomic E-state index is 3.92. The fourth-order valence-corrected chi connectivity index (χ4v) is 4.52. The molecule has 0 aromatic heterocycles. The molecule has 1 aromatic rings. The number of thioether (sulfide) groups is 1. The van der Waals surface area contributed by atoms with Gasteiger partial charge in [-0.1, -0.05) is 31.5 Å². The van der Waals surface area contributed by atoms with E-state index in [-0.39, 0.29) is 0 Å². The molecule has 1 N–H and O–H groups in total. The van der Waals surface area contributed by atoms with Gasteiger partial charge >= 0.3 is 0 Å². The number of fused-ring (bicyclic) bond motifs is 1. The van der Waals surface area contributed by atoms with Gasteiger partial charge in [-0.25, -0.2) is 0 Å². The molecule has 18 heavy (non-hydrogen) atoms. The van der Waals surface area contributed by atoms with Crippen molar-refractivity contribution in [2.45, 2.75) is 56.0 Å². The summed E-state index contributed by atoms with van der Waals surface area (Å²) in [5.74, 6) is 2.23. The van der Waals surface area contributed by atoms with E-state index in [4.69, 9.17) is 0 Å². The number of hydrogen-bond acceptors (Lipinski definition) is 2. The Bertz CT molecular complexity index is 404. The van der Waals surface area contributed by atoms with Crippen molar-refractivity contribution >= 4 is 11.8 Å². The summed E-state index contributed by atoms with van der Waals surface area (Å²) >= 11 is 2.02. The molecule has 0 bridgehead atoms. The van der Waals surface area contributed by atoms with Crippen LogP contribution >= 0.6 is 11.8 Å². The van der Waals surface area contributed by atoms with E-state index in [9.17, 15) is 0 Å². The zero-order valence-electron chi connectivity index (χ0n) is 11.2. The molecule has 1 heterocycles. The first-order chi connectivity index (χ1) is 8.86. The van der Waals surface area contributed by atoms with Gasteiger partial charge in [0.05, 0.1) is 0 Å². The van der Waals surface area contributed by atoms with E-state index in [0.29, 0.717) is 6.04 Å². The van der Waals surface area contributed by atoms with Crippen LogP contribution in [0.3, 0.4) is 0 Å². The lowest BCUT2D eigenvalue weighted by molar-refractivity contribution is 0.410. The smallest absolute Gasteiger partial charge is 0.0341 e. The third-order valence-electron chi connectivity index (χ3n) is 4.51. The van der Waals surface area contributed by atoms with Crippen molar-refractivity contribution in [1.82, 2.24) is 5.32 Å². The van der Waals surface area contributed by atoms with Crippen LogP contribution in [-0.2, 0) is 0 Å². The average Bonchev–Trinajstić information content (AvgIpc) is 2.87. The van der Waals surface area contributed by atoms with Crippen molar-refractivity contribution in [2.75, 3.05) is 5.75 Å². The Morgan fingerprint density at radius 1 is 1.22 bits per heavy atom. The van der Waals surface area contributed by atoms with E-state index < -0.39 is 0 Å². The molecule has 3 rings (SSSR count). The molecule has 0 saturated heterocycles. The predicted molar refractivity (Wildman–Crippen MR) is 79.1 cm³/mol. The lowest BCUT2D eigenvalue weighted by Crippen LogP contribution is -2.32. The zero-order valence-corrected chi connectivity index (χ0v) is 12.0. The van der Waals surface area contributed by atoms with Gasteiger partial charge in [-0.15, -0.1) is 11.8 Å². The molecule has 3 unspecified atom stereocenters. The summed E-state index contributed by atoms with van der Waals surface area (Å²) in [6.45, 7) is 2.33. The minimum absolute atomic E-state index is 0.600. The minimum atomic E-state index is 0.600. The second-order valence-corrected chi connectivity index (χ2v) is 6.82. The van der Waals surface area contributed by atoms with Gasteiger partial charge in [-0.2, -0.15) is 0 Å². The largest absolute Gasteiger partial charge is 0.307 e. The topological polar surface area (TPSA) is 12.0 Å². The number of benzene rings is 1. The Hall–Kier alpha value is -0.470. The molecule has 1 aliphatic carbocycles. The Labute approximate surface area is 115 Å². The fourth-order valence-electron chi connectivity index (χ4n) is 3.40. The number of hydrogen-bond donors (Lipinski definition) is 1. The minimum Gasteiger partial charge on any atom is -0.307 e. The maximum absolute atomic E-state index is 3.92. The maximum Gasteiger partial charge on any atom is 0.0341 e. The lowest BCUT2D eigenvalue weighted by Gasteiger charge is -2.28. The molecule has 0 radical (unpaired) electrons. The van der Waals surface area contributed by atoms with Crippen molar-refractivity contribution < 1.29 is 0 Å². The van der Waals surface area contributed by atoms with Gasteiger partial charge in [0.25, 0.3) is 0 Å². The third-order valence-corrected chi connectivity index (χ3v) is 5.64. The van der Waals surface area contributed by atoms with Crippen LogP contribution in [-0.4, -0.2) is 11.8 Å². The second-order valence-electron chi connectivity index (χ2n) is 5.68. The summed E-state index contributed by atoms with van der Waals surface area (Å²) in [6, 6.07) is 10.3. The lowest BCUT2D eigenvalue weighted by atomic mass is 10.0. The summed E-state index contributed by atoms with van der Waals surface area (Å²) in [7, 11) is 0. The van der Waals surface area contributed by atoms with E-state index in [2.05, 4.69) is 36.5 Å². The van der Waals surface area contributed by atoms with Crippen molar-refractivity contribution in [2.24, 2.45) is 5.92 Å². The molecule has 0 amide bonds. The number of nitrogens with one attached hydrogen (secondary N) is 1. The standard InChI is InChI=1S/C16H23NS/c1-2-12-7-8-13(11-12)17-15-9-10-18-16-6-4-3-5-14(15)16/h3-6,12-13,15,17H,2,7-11H2,1H3. The monoisotopic (exact) mass is 261 g/mol. The molecule has 1 aromatic carbocycles. The van der Waals surface area contributed by atoms with Gasteiger partial charge in [0.15, 0.2) is 0 Å². The van der Waals surface area contributed by atoms with E-state index in [1.165, 1.54) is 48.3 Å². The van der Waals surface area contributed by atoms with Gasteiger partial charge < -0.3 is 5.32 Å². The Balaban J connectivity index is 1.67.